The minimum absolute atomic E-state index is 0.162. The van der Waals surface area contributed by atoms with Crippen LogP contribution in [0.1, 0.15) is 34.0 Å². The maximum atomic E-state index is 12.8. The largest absolute Gasteiger partial charge is 0.417 e. The van der Waals surface area contributed by atoms with E-state index in [2.05, 4.69) is 10.3 Å². The first-order valence-corrected chi connectivity index (χ1v) is 6.79. The van der Waals surface area contributed by atoms with Gasteiger partial charge in [0.25, 0.3) is 5.91 Å². The van der Waals surface area contributed by atoms with E-state index >= 15 is 0 Å². The second-order valence-electron chi connectivity index (χ2n) is 4.77. The highest BCUT2D eigenvalue weighted by atomic mass is 19.4. The lowest BCUT2D eigenvalue weighted by Crippen LogP contribution is -2.26. The van der Waals surface area contributed by atoms with Crippen LogP contribution in [-0.4, -0.2) is 10.9 Å². The van der Waals surface area contributed by atoms with Crippen molar-refractivity contribution in [3.63, 3.8) is 0 Å². The Balaban J connectivity index is 2.09. The van der Waals surface area contributed by atoms with Crippen molar-refractivity contribution < 1.29 is 18.0 Å². The number of carbonyl (C=O) groups excluding carboxylic acids is 1. The van der Waals surface area contributed by atoms with Crippen LogP contribution in [-0.2, 0) is 19.1 Å². The fourth-order valence-corrected chi connectivity index (χ4v) is 1.99. The molecule has 1 aromatic carbocycles. The summed E-state index contributed by atoms with van der Waals surface area (Å²) in [6.45, 7) is 2.19. The number of pyridine rings is 1. The third-order valence-corrected chi connectivity index (χ3v) is 3.26. The molecular weight excluding hydrogens is 293 g/mol. The third kappa shape index (κ3) is 3.84. The summed E-state index contributed by atoms with van der Waals surface area (Å²) in [5.74, 6) is -0.792. The van der Waals surface area contributed by atoms with Crippen LogP contribution in [0.15, 0.2) is 42.7 Å². The van der Waals surface area contributed by atoms with Crippen molar-refractivity contribution in [2.75, 3.05) is 0 Å². The number of nitrogens with one attached hydrogen (secondary N) is 1. The summed E-state index contributed by atoms with van der Waals surface area (Å²) in [5.41, 5.74) is 0.520. The van der Waals surface area contributed by atoms with Gasteiger partial charge in [0.15, 0.2) is 0 Å². The van der Waals surface area contributed by atoms with E-state index in [9.17, 15) is 18.0 Å². The molecule has 0 aliphatic heterocycles. The van der Waals surface area contributed by atoms with Gasteiger partial charge in [-0.15, -0.1) is 0 Å². The molecule has 1 N–H and O–H groups in total. The van der Waals surface area contributed by atoms with Crippen molar-refractivity contribution >= 4 is 5.91 Å². The smallest absolute Gasteiger partial charge is 0.348 e. The average Bonchev–Trinajstić information content (AvgIpc) is 2.52. The summed E-state index contributed by atoms with van der Waals surface area (Å²) in [6, 6.07) is 8.32. The van der Waals surface area contributed by atoms with Gasteiger partial charge in [0.2, 0.25) is 0 Å². The number of halogens is 3. The lowest BCUT2D eigenvalue weighted by molar-refractivity contribution is -0.138. The highest BCUT2D eigenvalue weighted by Crippen LogP contribution is 2.31. The SMILES string of the molecule is CCc1ccc(CNC(=O)c2cnccc2C(F)(F)F)cc1. The molecule has 0 spiro atoms. The van der Waals surface area contributed by atoms with Crippen LogP contribution in [0, 0.1) is 0 Å². The first kappa shape index (κ1) is 16.0. The lowest BCUT2D eigenvalue weighted by Gasteiger charge is -2.12. The molecule has 3 nitrogen and oxygen atoms in total. The standard InChI is InChI=1S/C16H15F3N2O/c1-2-11-3-5-12(6-4-11)9-21-15(22)13-10-20-8-7-14(13)16(17,18)19/h3-8,10H,2,9H2,1H3,(H,21,22). The van der Waals surface area contributed by atoms with Crippen LogP contribution in [0.4, 0.5) is 13.2 Å². The predicted molar refractivity (Wildman–Crippen MR) is 76.2 cm³/mol. The van der Waals surface area contributed by atoms with E-state index < -0.39 is 23.2 Å². The first-order valence-electron chi connectivity index (χ1n) is 6.79. The molecule has 1 aromatic heterocycles. The maximum Gasteiger partial charge on any atom is 0.417 e. The van der Waals surface area contributed by atoms with Gasteiger partial charge in [-0.2, -0.15) is 13.2 Å². The molecule has 0 saturated carbocycles. The number of hydrogen-bond acceptors (Lipinski definition) is 2. The van der Waals surface area contributed by atoms with Crippen molar-refractivity contribution in [3.05, 3.63) is 65.0 Å². The molecule has 22 heavy (non-hydrogen) atoms. The van der Waals surface area contributed by atoms with Gasteiger partial charge in [0, 0.05) is 18.9 Å². The fraction of sp³-hybridized carbons (Fsp3) is 0.250. The number of benzene rings is 1. The number of rotatable bonds is 4. The molecule has 2 rings (SSSR count). The molecule has 1 heterocycles. The summed E-state index contributed by atoms with van der Waals surface area (Å²) >= 11 is 0. The number of aryl methyl sites for hydroxylation is 1. The van der Waals surface area contributed by atoms with Crippen LogP contribution in [0.3, 0.4) is 0 Å². The predicted octanol–water partition coefficient (Wildman–Crippen LogP) is 3.59. The Morgan fingerprint density at radius 2 is 1.77 bits per heavy atom. The molecule has 1 amide bonds. The molecule has 0 unspecified atom stereocenters. The normalized spacial score (nSPS) is 11.3. The van der Waals surface area contributed by atoms with Crippen molar-refractivity contribution in [2.45, 2.75) is 26.1 Å². The van der Waals surface area contributed by atoms with Gasteiger partial charge < -0.3 is 5.32 Å². The number of carbonyl (C=O) groups is 1. The van der Waals surface area contributed by atoms with E-state index in [1.807, 2.05) is 31.2 Å². The summed E-state index contributed by atoms with van der Waals surface area (Å²) in [7, 11) is 0. The summed E-state index contributed by atoms with van der Waals surface area (Å²) in [4.78, 5) is 15.6. The van der Waals surface area contributed by atoms with Crippen LogP contribution in [0.5, 0.6) is 0 Å². The highest BCUT2D eigenvalue weighted by molar-refractivity contribution is 5.95. The van der Waals surface area contributed by atoms with Gasteiger partial charge in [-0.25, -0.2) is 0 Å². The maximum absolute atomic E-state index is 12.8. The summed E-state index contributed by atoms with van der Waals surface area (Å²) in [5, 5.41) is 2.49. The Morgan fingerprint density at radius 1 is 1.14 bits per heavy atom. The van der Waals surface area contributed by atoms with Gasteiger partial charge in [-0.05, 0) is 23.6 Å². The van der Waals surface area contributed by atoms with Crippen molar-refractivity contribution in [1.29, 1.82) is 0 Å². The molecule has 0 fully saturated rings. The summed E-state index contributed by atoms with van der Waals surface area (Å²) < 4.78 is 38.5. The number of alkyl halides is 3. The van der Waals surface area contributed by atoms with Crippen molar-refractivity contribution in [3.8, 4) is 0 Å². The molecule has 0 radical (unpaired) electrons. The number of amides is 1. The van der Waals surface area contributed by atoms with E-state index in [-0.39, 0.29) is 6.54 Å². The third-order valence-electron chi connectivity index (χ3n) is 3.26. The minimum Gasteiger partial charge on any atom is -0.348 e. The quantitative estimate of drug-likeness (QED) is 0.938. The number of aromatic nitrogens is 1. The van der Waals surface area contributed by atoms with E-state index in [0.29, 0.717) is 0 Å². The second kappa shape index (κ2) is 6.60. The Morgan fingerprint density at radius 3 is 2.36 bits per heavy atom. The summed E-state index contributed by atoms with van der Waals surface area (Å²) in [6.07, 6.45) is -1.74. The Labute approximate surface area is 126 Å². The molecule has 116 valence electrons. The first-order chi connectivity index (χ1) is 10.4. The van der Waals surface area contributed by atoms with E-state index in [4.69, 9.17) is 0 Å². The van der Waals surface area contributed by atoms with Crippen LogP contribution >= 0.6 is 0 Å². The van der Waals surface area contributed by atoms with Crippen LogP contribution in [0.25, 0.3) is 0 Å². The molecule has 0 aliphatic carbocycles. The minimum atomic E-state index is -4.58. The average molecular weight is 308 g/mol. The lowest BCUT2D eigenvalue weighted by atomic mass is 10.1. The Hall–Kier alpha value is -2.37. The molecule has 6 heteroatoms. The zero-order valence-corrected chi connectivity index (χ0v) is 11.9. The monoisotopic (exact) mass is 308 g/mol. The van der Waals surface area contributed by atoms with Gasteiger partial charge in [-0.3, -0.25) is 9.78 Å². The molecule has 0 bridgehead atoms. The molecule has 0 aliphatic rings. The van der Waals surface area contributed by atoms with Gasteiger partial charge in [0.1, 0.15) is 0 Å². The van der Waals surface area contributed by atoms with Gasteiger partial charge in [0.05, 0.1) is 11.1 Å². The fourth-order valence-electron chi connectivity index (χ4n) is 1.99. The molecule has 2 aromatic rings. The topological polar surface area (TPSA) is 42.0 Å². The Kier molecular flexibility index (Phi) is 4.80. The highest BCUT2D eigenvalue weighted by Gasteiger charge is 2.35. The van der Waals surface area contributed by atoms with Gasteiger partial charge >= 0.3 is 6.18 Å². The van der Waals surface area contributed by atoms with E-state index in [1.165, 1.54) is 0 Å². The Bertz CT molecular complexity index is 651. The van der Waals surface area contributed by atoms with E-state index in [1.54, 1.807) is 0 Å². The second-order valence-corrected chi connectivity index (χ2v) is 4.77. The van der Waals surface area contributed by atoms with Crippen LogP contribution < -0.4 is 5.32 Å². The van der Waals surface area contributed by atoms with E-state index in [0.717, 1.165) is 36.0 Å². The molecule has 0 atom stereocenters. The van der Waals surface area contributed by atoms with Gasteiger partial charge in [-0.1, -0.05) is 31.2 Å². The molecule has 0 saturated heterocycles. The van der Waals surface area contributed by atoms with Crippen molar-refractivity contribution in [2.24, 2.45) is 0 Å². The number of hydrogen-bond donors (Lipinski definition) is 1. The zero-order valence-electron chi connectivity index (χ0n) is 11.9. The van der Waals surface area contributed by atoms with Crippen LogP contribution in [0.2, 0.25) is 0 Å². The van der Waals surface area contributed by atoms with Crippen molar-refractivity contribution in [1.82, 2.24) is 10.3 Å². The zero-order chi connectivity index (χ0) is 16.2. The molecular formula is C16H15F3N2O. The number of nitrogens with zero attached hydrogens (tertiary/aromatic N) is 1.